The predicted molar refractivity (Wildman–Crippen MR) is 91.9 cm³/mol. The van der Waals surface area contributed by atoms with Gasteiger partial charge in [-0.3, -0.25) is 9.59 Å². The molecule has 0 bridgehead atoms. The molecular weight excluding hydrogens is 342 g/mol. The predicted octanol–water partition coefficient (Wildman–Crippen LogP) is 2.74. The Hall–Kier alpha value is -2.18. The van der Waals surface area contributed by atoms with Gasteiger partial charge in [-0.15, -0.1) is 0 Å². The van der Waals surface area contributed by atoms with E-state index in [9.17, 15) is 18.4 Å². The van der Waals surface area contributed by atoms with Crippen LogP contribution in [-0.2, 0) is 16.0 Å². The van der Waals surface area contributed by atoms with Crippen molar-refractivity contribution in [2.75, 3.05) is 13.1 Å². The van der Waals surface area contributed by atoms with Crippen molar-refractivity contribution in [3.63, 3.8) is 0 Å². The van der Waals surface area contributed by atoms with E-state index in [2.05, 4.69) is 10.1 Å². The summed E-state index contributed by atoms with van der Waals surface area (Å²) in [5, 5.41) is 2.88. The molecule has 1 atom stereocenters. The molecule has 1 aliphatic heterocycles. The molecule has 26 heavy (non-hydrogen) atoms. The number of nitrogens with one attached hydrogen (secondary N) is 1. The number of carbonyl (C=O) groups is 2. The second kappa shape index (κ2) is 8.47. The van der Waals surface area contributed by atoms with Crippen molar-refractivity contribution < 1.29 is 23.1 Å². The molecule has 5 nitrogen and oxygen atoms in total. The number of carbonyl (C=O) groups excluding carboxylic acids is 2. The summed E-state index contributed by atoms with van der Waals surface area (Å²) in [6, 6.07) is 6.68. The number of rotatable bonds is 7. The van der Waals surface area contributed by atoms with Crippen molar-refractivity contribution in [2.45, 2.75) is 51.2 Å². The number of halogens is 2. The summed E-state index contributed by atoms with van der Waals surface area (Å²) in [5.74, 6) is -0.155. The lowest BCUT2D eigenvalue weighted by Crippen LogP contribution is -2.37. The molecule has 1 heterocycles. The van der Waals surface area contributed by atoms with Gasteiger partial charge in [0.2, 0.25) is 11.8 Å². The van der Waals surface area contributed by atoms with Crippen molar-refractivity contribution in [3.05, 3.63) is 29.8 Å². The Morgan fingerprint density at radius 1 is 1.23 bits per heavy atom. The van der Waals surface area contributed by atoms with Crippen LogP contribution >= 0.6 is 0 Å². The Kier molecular flexibility index (Phi) is 6.06. The van der Waals surface area contributed by atoms with Crippen LogP contribution in [0.3, 0.4) is 0 Å². The smallest absolute Gasteiger partial charge is 0.387 e. The fourth-order valence-corrected chi connectivity index (χ4v) is 3.79. The Morgan fingerprint density at radius 3 is 2.58 bits per heavy atom. The lowest BCUT2D eigenvalue weighted by Gasteiger charge is -2.23. The maximum Gasteiger partial charge on any atom is 0.387 e. The SMILES string of the molecule is O=C(NCCc1ccc(OC(F)F)cc1)[C@@H]1CC(=O)N(C2CCCC2)C1. The van der Waals surface area contributed by atoms with E-state index in [1.54, 1.807) is 12.1 Å². The van der Waals surface area contributed by atoms with Crippen LogP contribution in [0, 0.1) is 5.92 Å². The van der Waals surface area contributed by atoms with Gasteiger partial charge in [-0.25, -0.2) is 0 Å². The molecule has 1 aliphatic carbocycles. The minimum Gasteiger partial charge on any atom is -0.435 e. The van der Waals surface area contributed by atoms with Crippen molar-refractivity contribution >= 4 is 11.8 Å². The Morgan fingerprint density at radius 2 is 1.92 bits per heavy atom. The van der Waals surface area contributed by atoms with Gasteiger partial charge in [-0.1, -0.05) is 25.0 Å². The van der Waals surface area contributed by atoms with E-state index in [1.807, 2.05) is 4.90 Å². The van der Waals surface area contributed by atoms with Crippen LogP contribution in [-0.4, -0.2) is 42.5 Å². The highest BCUT2D eigenvalue weighted by Crippen LogP contribution is 2.29. The van der Waals surface area contributed by atoms with Crippen LogP contribution in [0.5, 0.6) is 5.75 Å². The molecule has 1 N–H and O–H groups in total. The zero-order chi connectivity index (χ0) is 18.5. The number of hydrogen-bond acceptors (Lipinski definition) is 3. The second-order valence-corrected chi connectivity index (χ2v) is 6.95. The number of nitrogens with zero attached hydrogens (tertiary/aromatic N) is 1. The third-order valence-electron chi connectivity index (χ3n) is 5.16. The molecule has 2 aliphatic rings. The highest BCUT2D eigenvalue weighted by molar-refractivity contribution is 5.89. The zero-order valence-corrected chi connectivity index (χ0v) is 14.6. The zero-order valence-electron chi connectivity index (χ0n) is 14.6. The van der Waals surface area contributed by atoms with Crippen LogP contribution in [0.1, 0.15) is 37.7 Å². The number of hydrogen-bond donors (Lipinski definition) is 1. The molecule has 2 fully saturated rings. The summed E-state index contributed by atoms with van der Waals surface area (Å²) in [6.07, 6.45) is 5.30. The normalized spacial score (nSPS) is 20.8. The molecular formula is C19H24F2N2O3. The molecule has 2 amide bonds. The van der Waals surface area contributed by atoms with E-state index in [4.69, 9.17) is 0 Å². The number of amides is 2. The fourth-order valence-electron chi connectivity index (χ4n) is 3.79. The van der Waals surface area contributed by atoms with Crippen molar-refractivity contribution in [1.29, 1.82) is 0 Å². The summed E-state index contributed by atoms with van der Waals surface area (Å²) in [6.45, 7) is -1.87. The van der Waals surface area contributed by atoms with Gasteiger partial charge in [0.15, 0.2) is 0 Å². The third-order valence-corrected chi connectivity index (χ3v) is 5.16. The van der Waals surface area contributed by atoms with Crippen LogP contribution in [0.4, 0.5) is 8.78 Å². The summed E-state index contributed by atoms with van der Waals surface area (Å²) < 4.78 is 28.5. The van der Waals surface area contributed by atoms with E-state index in [-0.39, 0.29) is 23.5 Å². The third kappa shape index (κ3) is 4.71. The Labute approximate surface area is 151 Å². The van der Waals surface area contributed by atoms with E-state index >= 15 is 0 Å². The quantitative estimate of drug-likeness (QED) is 0.807. The van der Waals surface area contributed by atoms with Gasteiger partial charge in [0, 0.05) is 25.6 Å². The minimum atomic E-state index is -2.84. The van der Waals surface area contributed by atoms with Crippen LogP contribution < -0.4 is 10.1 Å². The molecule has 1 aromatic carbocycles. The molecule has 3 rings (SSSR count). The maximum atomic E-state index is 12.3. The fraction of sp³-hybridized carbons (Fsp3) is 0.579. The topological polar surface area (TPSA) is 58.6 Å². The van der Waals surface area contributed by atoms with Gasteiger partial charge in [0.1, 0.15) is 5.75 Å². The van der Waals surface area contributed by atoms with E-state index < -0.39 is 6.61 Å². The summed E-state index contributed by atoms with van der Waals surface area (Å²) in [5.41, 5.74) is 0.919. The first-order valence-electron chi connectivity index (χ1n) is 9.14. The van der Waals surface area contributed by atoms with E-state index in [0.29, 0.717) is 32.0 Å². The lowest BCUT2D eigenvalue weighted by molar-refractivity contribution is -0.130. The largest absolute Gasteiger partial charge is 0.435 e. The molecule has 142 valence electrons. The number of benzene rings is 1. The van der Waals surface area contributed by atoms with Crippen LogP contribution in [0.15, 0.2) is 24.3 Å². The van der Waals surface area contributed by atoms with Crippen molar-refractivity contribution in [1.82, 2.24) is 10.2 Å². The number of alkyl halides is 2. The van der Waals surface area contributed by atoms with Crippen molar-refractivity contribution in [2.24, 2.45) is 5.92 Å². The lowest BCUT2D eigenvalue weighted by atomic mass is 10.1. The van der Waals surface area contributed by atoms with Crippen LogP contribution in [0.2, 0.25) is 0 Å². The number of likely N-dealkylation sites (tertiary alicyclic amines) is 1. The van der Waals surface area contributed by atoms with Gasteiger partial charge in [0.25, 0.3) is 0 Å². The highest BCUT2D eigenvalue weighted by Gasteiger charge is 2.38. The minimum absolute atomic E-state index is 0.0866. The average Bonchev–Trinajstić information content (AvgIpc) is 3.25. The molecule has 0 unspecified atom stereocenters. The van der Waals surface area contributed by atoms with Gasteiger partial charge in [-0.05, 0) is 37.0 Å². The van der Waals surface area contributed by atoms with Gasteiger partial charge < -0.3 is 15.0 Å². The molecule has 0 aromatic heterocycles. The van der Waals surface area contributed by atoms with E-state index in [1.165, 1.54) is 12.1 Å². The van der Waals surface area contributed by atoms with E-state index in [0.717, 1.165) is 31.2 Å². The van der Waals surface area contributed by atoms with Crippen LogP contribution in [0.25, 0.3) is 0 Å². The molecule has 1 saturated heterocycles. The average molecular weight is 366 g/mol. The first kappa shape index (κ1) is 18.6. The monoisotopic (exact) mass is 366 g/mol. The first-order valence-corrected chi connectivity index (χ1v) is 9.14. The standard InChI is InChI=1S/C19H24F2N2O3/c20-19(21)26-16-7-5-13(6-8-16)9-10-22-18(25)14-11-17(24)23(12-14)15-3-1-2-4-15/h5-8,14-15,19H,1-4,9-12H2,(H,22,25)/t14-/m1/s1. The maximum absolute atomic E-state index is 12.3. The Balaban J connectivity index is 1.42. The summed E-state index contributed by atoms with van der Waals surface area (Å²) >= 11 is 0. The van der Waals surface area contributed by atoms with Crippen molar-refractivity contribution in [3.8, 4) is 5.75 Å². The number of ether oxygens (including phenoxy) is 1. The second-order valence-electron chi connectivity index (χ2n) is 6.95. The Bertz CT molecular complexity index is 630. The summed E-state index contributed by atoms with van der Waals surface area (Å²) in [7, 11) is 0. The van der Waals surface area contributed by atoms with Gasteiger partial charge in [0.05, 0.1) is 5.92 Å². The van der Waals surface area contributed by atoms with Gasteiger partial charge in [-0.2, -0.15) is 8.78 Å². The molecule has 0 spiro atoms. The van der Waals surface area contributed by atoms with Gasteiger partial charge >= 0.3 is 6.61 Å². The molecule has 1 aromatic rings. The highest BCUT2D eigenvalue weighted by atomic mass is 19.3. The first-order chi connectivity index (χ1) is 12.5. The molecule has 0 radical (unpaired) electrons. The molecule has 1 saturated carbocycles. The summed E-state index contributed by atoms with van der Waals surface area (Å²) in [4.78, 5) is 26.4. The molecule has 7 heteroatoms.